The number of nitrogens with zero attached hydrogens (tertiary/aromatic N) is 3. The number of hydrogen-bond acceptors (Lipinski definition) is 3. The molecule has 2 aromatic rings. The Hall–Kier alpha value is -2.63. The maximum atomic E-state index is 12.3. The summed E-state index contributed by atoms with van der Waals surface area (Å²) in [6.07, 6.45) is 3.60. The molecule has 1 amide bonds. The molecule has 0 radical (unpaired) electrons. The van der Waals surface area contributed by atoms with Crippen LogP contribution in [0.3, 0.4) is 0 Å². The molecule has 6 nitrogen and oxygen atoms in total. The van der Waals surface area contributed by atoms with Crippen LogP contribution >= 0.6 is 0 Å². The average molecular weight is 287 g/mol. The van der Waals surface area contributed by atoms with E-state index in [-0.39, 0.29) is 18.9 Å². The molecule has 0 fully saturated rings. The predicted molar refractivity (Wildman–Crippen MR) is 78.0 cm³/mol. The summed E-state index contributed by atoms with van der Waals surface area (Å²) in [6.45, 7) is 2.01. The Balaban J connectivity index is 2.09. The Morgan fingerprint density at radius 3 is 2.57 bits per heavy atom. The minimum absolute atomic E-state index is 0.197. The average Bonchev–Trinajstić information content (AvgIpc) is 2.96. The second kappa shape index (κ2) is 6.69. The standard InChI is InChI=1S/C15H17N3O3/c1-12-3-5-13(6-4-12)18(11-15(20)21)14(19)7-10-17-9-2-8-16-17/h2-6,8-9H,7,10-11H2,1H3,(H,20,21). The molecule has 21 heavy (non-hydrogen) atoms. The van der Waals surface area contributed by atoms with Crippen molar-refractivity contribution in [3.63, 3.8) is 0 Å². The van der Waals surface area contributed by atoms with E-state index in [4.69, 9.17) is 5.11 Å². The molecule has 0 atom stereocenters. The lowest BCUT2D eigenvalue weighted by atomic mass is 10.2. The molecule has 6 heteroatoms. The van der Waals surface area contributed by atoms with Gasteiger partial charge in [0, 0.05) is 31.0 Å². The first-order valence-electron chi connectivity index (χ1n) is 6.62. The third-order valence-electron chi connectivity index (χ3n) is 3.05. The first-order chi connectivity index (χ1) is 10.1. The maximum absolute atomic E-state index is 12.3. The first-order valence-corrected chi connectivity index (χ1v) is 6.62. The van der Waals surface area contributed by atoms with Crippen LogP contribution in [0.15, 0.2) is 42.7 Å². The van der Waals surface area contributed by atoms with Gasteiger partial charge in [-0.15, -0.1) is 0 Å². The number of amides is 1. The van der Waals surface area contributed by atoms with Crippen LogP contribution in [0.2, 0.25) is 0 Å². The molecule has 0 spiro atoms. The second-order valence-electron chi connectivity index (χ2n) is 4.73. The van der Waals surface area contributed by atoms with Crippen LogP contribution in [0.5, 0.6) is 0 Å². The van der Waals surface area contributed by atoms with E-state index in [9.17, 15) is 9.59 Å². The van der Waals surface area contributed by atoms with Gasteiger partial charge in [-0.1, -0.05) is 17.7 Å². The number of carbonyl (C=O) groups excluding carboxylic acids is 1. The van der Waals surface area contributed by atoms with E-state index >= 15 is 0 Å². The minimum atomic E-state index is -1.04. The van der Waals surface area contributed by atoms with Gasteiger partial charge < -0.3 is 10.0 Å². The number of carboxylic acids is 1. The molecule has 0 bridgehead atoms. The molecule has 1 N–H and O–H groups in total. The quantitative estimate of drug-likeness (QED) is 0.877. The molecule has 0 saturated heterocycles. The van der Waals surface area contributed by atoms with Crippen molar-refractivity contribution in [2.24, 2.45) is 0 Å². The number of carboxylic acid groups (broad SMARTS) is 1. The van der Waals surface area contributed by atoms with E-state index in [1.54, 1.807) is 35.3 Å². The highest BCUT2D eigenvalue weighted by Crippen LogP contribution is 2.16. The summed E-state index contributed by atoms with van der Waals surface area (Å²) < 4.78 is 1.64. The molecule has 2 rings (SSSR count). The normalized spacial score (nSPS) is 10.3. The Bertz CT molecular complexity index is 606. The summed E-state index contributed by atoms with van der Waals surface area (Å²) >= 11 is 0. The summed E-state index contributed by atoms with van der Waals surface area (Å²) in [5.41, 5.74) is 1.64. The zero-order valence-electron chi connectivity index (χ0n) is 11.8. The van der Waals surface area contributed by atoms with Crippen LogP contribution in [0.25, 0.3) is 0 Å². The Labute approximate surface area is 122 Å². The van der Waals surface area contributed by atoms with Crippen LogP contribution in [0.4, 0.5) is 5.69 Å². The van der Waals surface area contributed by atoms with E-state index in [1.807, 2.05) is 19.1 Å². The van der Waals surface area contributed by atoms with Gasteiger partial charge in [0.25, 0.3) is 0 Å². The number of carbonyl (C=O) groups is 2. The lowest BCUT2D eigenvalue weighted by Crippen LogP contribution is -2.36. The first kappa shape index (κ1) is 14.8. The van der Waals surface area contributed by atoms with Crippen LogP contribution in [-0.4, -0.2) is 33.3 Å². The van der Waals surface area contributed by atoms with E-state index in [2.05, 4.69) is 5.10 Å². The van der Waals surface area contributed by atoms with Crippen molar-refractivity contribution in [2.45, 2.75) is 19.9 Å². The van der Waals surface area contributed by atoms with Gasteiger partial charge in [-0.3, -0.25) is 14.3 Å². The highest BCUT2D eigenvalue weighted by atomic mass is 16.4. The van der Waals surface area contributed by atoms with Gasteiger partial charge in [-0.05, 0) is 25.1 Å². The van der Waals surface area contributed by atoms with Crippen LogP contribution in [0, 0.1) is 6.92 Å². The third-order valence-corrected chi connectivity index (χ3v) is 3.05. The monoisotopic (exact) mass is 287 g/mol. The lowest BCUT2D eigenvalue weighted by Gasteiger charge is -2.21. The topological polar surface area (TPSA) is 75.4 Å². The fourth-order valence-corrected chi connectivity index (χ4v) is 1.96. The Morgan fingerprint density at radius 1 is 1.29 bits per heavy atom. The molecule has 1 aromatic carbocycles. The molecule has 0 saturated carbocycles. The highest BCUT2D eigenvalue weighted by molar-refractivity contribution is 5.97. The maximum Gasteiger partial charge on any atom is 0.323 e. The molecule has 1 heterocycles. The molecule has 0 aliphatic carbocycles. The fourth-order valence-electron chi connectivity index (χ4n) is 1.96. The van der Waals surface area contributed by atoms with Gasteiger partial charge in [0.1, 0.15) is 6.54 Å². The molecular weight excluding hydrogens is 270 g/mol. The van der Waals surface area contributed by atoms with Crippen molar-refractivity contribution >= 4 is 17.6 Å². The number of aliphatic carboxylic acids is 1. The van der Waals surface area contributed by atoms with E-state index < -0.39 is 5.97 Å². The molecule has 0 unspecified atom stereocenters. The number of benzene rings is 1. The lowest BCUT2D eigenvalue weighted by molar-refractivity contribution is -0.136. The summed E-state index contributed by atoms with van der Waals surface area (Å²) in [5.74, 6) is -1.28. The van der Waals surface area contributed by atoms with Crippen molar-refractivity contribution in [1.29, 1.82) is 0 Å². The van der Waals surface area contributed by atoms with Gasteiger partial charge in [0.05, 0.1) is 0 Å². The number of anilines is 1. The molecular formula is C15H17N3O3. The SMILES string of the molecule is Cc1ccc(N(CC(=O)O)C(=O)CCn2cccn2)cc1. The molecule has 0 aliphatic rings. The van der Waals surface area contributed by atoms with E-state index in [0.29, 0.717) is 12.2 Å². The van der Waals surface area contributed by atoms with Gasteiger partial charge >= 0.3 is 5.97 Å². The number of aromatic nitrogens is 2. The van der Waals surface area contributed by atoms with Crippen molar-refractivity contribution in [3.8, 4) is 0 Å². The van der Waals surface area contributed by atoms with Crippen molar-refractivity contribution in [2.75, 3.05) is 11.4 Å². The number of hydrogen-bond donors (Lipinski definition) is 1. The minimum Gasteiger partial charge on any atom is -0.480 e. The van der Waals surface area contributed by atoms with E-state index in [1.165, 1.54) is 4.90 Å². The van der Waals surface area contributed by atoms with Gasteiger partial charge in [0.15, 0.2) is 0 Å². The van der Waals surface area contributed by atoms with Crippen molar-refractivity contribution in [3.05, 3.63) is 48.3 Å². The zero-order valence-corrected chi connectivity index (χ0v) is 11.8. The Morgan fingerprint density at radius 2 is 2.00 bits per heavy atom. The van der Waals surface area contributed by atoms with Gasteiger partial charge in [0.2, 0.25) is 5.91 Å². The van der Waals surface area contributed by atoms with Gasteiger partial charge in [-0.25, -0.2) is 0 Å². The van der Waals surface area contributed by atoms with Crippen LogP contribution in [-0.2, 0) is 16.1 Å². The summed E-state index contributed by atoms with van der Waals surface area (Å²) in [4.78, 5) is 24.5. The molecule has 110 valence electrons. The zero-order chi connectivity index (χ0) is 15.2. The number of aryl methyl sites for hydroxylation is 2. The van der Waals surface area contributed by atoms with Crippen LogP contribution < -0.4 is 4.90 Å². The third kappa shape index (κ3) is 4.17. The molecule has 0 aliphatic heterocycles. The predicted octanol–water partition coefficient (Wildman–Crippen LogP) is 1.70. The van der Waals surface area contributed by atoms with Crippen molar-refractivity contribution < 1.29 is 14.7 Å². The smallest absolute Gasteiger partial charge is 0.323 e. The summed E-state index contributed by atoms with van der Waals surface area (Å²) in [6, 6.07) is 8.99. The van der Waals surface area contributed by atoms with Crippen LogP contribution in [0.1, 0.15) is 12.0 Å². The van der Waals surface area contributed by atoms with E-state index in [0.717, 1.165) is 5.56 Å². The molecule has 1 aromatic heterocycles. The summed E-state index contributed by atoms with van der Waals surface area (Å²) in [5, 5.41) is 13.0. The number of rotatable bonds is 6. The Kier molecular flexibility index (Phi) is 4.71. The van der Waals surface area contributed by atoms with Crippen molar-refractivity contribution in [1.82, 2.24) is 9.78 Å². The van der Waals surface area contributed by atoms with Gasteiger partial charge in [-0.2, -0.15) is 5.10 Å². The second-order valence-corrected chi connectivity index (χ2v) is 4.73. The highest BCUT2D eigenvalue weighted by Gasteiger charge is 2.18. The fraction of sp³-hybridized carbons (Fsp3) is 0.267. The summed E-state index contributed by atoms with van der Waals surface area (Å²) in [7, 11) is 0. The largest absolute Gasteiger partial charge is 0.480 e.